The van der Waals surface area contributed by atoms with Crippen LogP contribution in [0.2, 0.25) is 0 Å². The second-order valence-electron chi connectivity index (χ2n) is 8.80. The zero-order chi connectivity index (χ0) is 21.0. The lowest BCUT2D eigenvalue weighted by atomic mass is 9.96. The van der Waals surface area contributed by atoms with Crippen LogP contribution in [0.4, 0.5) is 0 Å². The highest BCUT2D eigenvalue weighted by atomic mass is 16.4. The zero-order valence-electron chi connectivity index (χ0n) is 18.1. The molecule has 0 aliphatic carbocycles. The lowest BCUT2D eigenvalue weighted by molar-refractivity contribution is 0.0436. The number of fused-ring (bicyclic) bond motifs is 2. The quantitative estimate of drug-likeness (QED) is 0.483. The number of benzene rings is 1. The van der Waals surface area contributed by atoms with E-state index in [0.29, 0.717) is 23.9 Å². The maximum Gasteiger partial charge on any atom is 0.191 e. The predicted octanol–water partition coefficient (Wildman–Crippen LogP) is 3.24. The summed E-state index contributed by atoms with van der Waals surface area (Å²) in [5.74, 6) is 1.31. The number of furan rings is 1. The van der Waals surface area contributed by atoms with Crippen LogP contribution in [0.5, 0.6) is 0 Å². The summed E-state index contributed by atoms with van der Waals surface area (Å²) < 4.78 is 5.37. The number of aliphatic hydroxyl groups is 1. The van der Waals surface area contributed by atoms with Crippen LogP contribution in [0.25, 0.3) is 0 Å². The molecule has 2 aromatic rings. The second-order valence-corrected chi connectivity index (χ2v) is 8.80. The first-order valence-electron chi connectivity index (χ1n) is 11.2. The van der Waals surface area contributed by atoms with E-state index < -0.39 is 5.60 Å². The van der Waals surface area contributed by atoms with Crippen LogP contribution in [0, 0.1) is 0 Å². The van der Waals surface area contributed by atoms with Gasteiger partial charge in [-0.05, 0) is 57.2 Å². The molecule has 2 fully saturated rings. The molecule has 2 aliphatic heterocycles. The third-order valence-electron chi connectivity index (χ3n) is 6.37. The average molecular weight is 411 g/mol. The lowest BCUT2D eigenvalue weighted by Gasteiger charge is -2.39. The molecule has 6 heteroatoms. The highest BCUT2D eigenvalue weighted by molar-refractivity contribution is 5.80. The van der Waals surface area contributed by atoms with Gasteiger partial charge < -0.3 is 20.2 Å². The summed E-state index contributed by atoms with van der Waals surface area (Å²) in [6, 6.07) is 16.0. The minimum atomic E-state index is -1.12. The molecule has 0 amide bonds. The van der Waals surface area contributed by atoms with Crippen molar-refractivity contribution in [1.29, 1.82) is 0 Å². The molecule has 0 saturated carbocycles. The van der Waals surface area contributed by atoms with Gasteiger partial charge in [0.05, 0.1) is 12.8 Å². The summed E-state index contributed by atoms with van der Waals surface area (Å²) in [4.78, 5) is 7.36. The minimum Gasteiger partial charge on any atom is -0.466 e. The highest BCUT2D eigenvalue weighted by Crippen LogP contribution is 2.36. The largest absolute Gasteiger partial charge is 0.466 e. The topological polar surface area (TPSA) is 73.0 Å². The van der Waals surface area contributed by atoms with Crippen molar-refractivity contribution in [3.05, 3.63) is 60.1 Å². The molecule has 3 heterocycles. The summed E-state index contributed by atoms with van der Waals surface area (Å²) in [6.07, 6.45) is 6.38. The van der Waals surface area contributed by atoms with Gasteiger partial charge >= 0.3 is 0 Å². The summed E-state index contributed by atoms with van der Waals surface area (Å²) in [6.45, 7) is 5.88. The molecule has 4 rings (SSSR count). The Bertz CT molecular complexity index is 805. The number of piperidine rings is 1. The maximum atomic E-state index is 10.7. The van der Waals surface area contributed by atoms with E-state index in [-0.39, 0.29) is 6.54 Å². The molecular weight excluding hydrogens is 376 g/mol. The van der Waals surface area contributed by atoms with Crippen molar-refractivity contribution in [1.82, 2.24) is 15.5 Å². The smallest absolute Gasteiger partial charge is 0.191 e. The number of rotatable bonds is 7. The number of nitrogens with one attached hydrogen (secondary N) is 2. The van der Waals surface area contributed by atoms with Crippen molar-refractivity contribution in [2.75, 3.05) is 13.1 Å². The molecule has 2 bridgehead atoms. The van der Waals surface area contributed by atoms with Crippen LogP contribution in [0.3, 0.4) is 0 Å². The third kappa shape index (κ3) is 4.87. The summed E-state index contributed by atoms with van der Waals surface area (Å²) in [7, 11) is 0. The number of aliphatic imine (C=N–C) groups is 1. The molecule has 3 N–H and O–H groups in total. The van der Waals surface area contributed by atoms with E-state index in [9.17, 15) is 5.11 Å². The summed E-state index contributed by atoms with van der Waals surface area (Å²) >= 11 is 0. The van der Waals surface area contributed by atoms with Gasteiger partial charge in [-0.1, -0.05) is 30.3 Å². The van der Waals surface area contributed by atoms with Crippen molar-refractivity contribution in [2.45, 2.75) is 69.8 Å². The fourth-order valence-corrected chi connectivity index (χ4v) is 4.85. The van der Waals surface area contributed by atoms with Gasteiger partial charge in [-0.2, -0.15) is 0 Å². The van der Waals surface area contributed by atoms with Crippen molar-refractivity contribution in [3.63, 3.8) is 0 Å². The molecule has 6 nitrogen and oxygen atoms in total. The molecule has 162 valence electrons. The van der Waals surface area contributed by atoms with Gasteiger partial charge in [-0.3, -0.25) is 4.90 Å². The second kappa shape index (κ2) is 9.23. The van der Waals surface area contributed by atoms with Gasteiger partial charge in [0.2, 0.25) is 0 Å². The van der Waals surface area contributed by atoms with Crippen molar-refractivity contribution < 1.29 is 9.52 Å². The SMILES string of the molecule is CCNC(=NCC(C)(O)c1ccco1)NC1CC2CCC(C1)N2Cc1ccccc1. The predicted molar refractivity (Wildman–Crippen MR) is 119 cm³/mol. The number of hydrogen-bond donors (Lipinski definition) is 3. The Hall–Kier alpha value is -2.31. The van der Waals surface area contributed by atoms with Gasteiger partial charge in [0.1, 0.15) is 11.4 Å². The molecule has 3 atom stereocenters. The summed E-state index contributed by atoms with van der Waals surface area (Å²) in [5.41, 5.74) is 0.278. The first-order chi connectivity index (χ1) is 14.5. The molecule has 2 saturated heterocycles. The monoisotopic (exact) mass is 410 g/mol. The number of nitrogens with zero attached hydrogens (tertiary/aromatic N) is 2. The number of guanidine groups is 1. The van der Waals surface area contributed by atoms with E-state index in [2.05, 4.69) is 57.8 Å². The van der Waals surface area contributed by atoms with E-state index in [1.54, 1.807) is 25.3 Å². The van der Waals surface area contributed by atoms with Gasteiger partial charge in [-0.15, -0.1) is 0 Å². The van der Waals surface area contributed by atoms with Gasteiger partial charge in [0.25, 0.3) is 0 Å². The van der Waals surface area contributed by atoms with E-state index >= 15 is 0 Å². The van der Waals surface area contributed by atoms with Crippen molar-refractivity contribution in [2.24, 2.45) is 4.99 Å². The van der Waals surface area contributed by atoms with Crippen LogP contribution < -0.4 is 10.6 Å². The lowest BCUT2D eigenvalue weighted by Crippen LogP contribution is -2.52. The first kappa shape index (κ1) is 20.9. The van der Waals surface area contributed by atoms with Crippen molar-refractivity contribution in [3.8, 4) is 0 Å². The molecule has 0 radical (unpaired) electrons. The maximum absolute atomic E-state index is 10.7. The van der Waals surface area contributed by atoms with E-state index in [1.165, 1.54) is 18.4 Å². The standard InChI is InChI=1S/C24H34N4O2/c1-3-25-23(26-17-24(2,29)22-10-7-13-30-22)27-19-14-20-11-12-21(15-19)28(20)16-18-8-5-4-6-9-18/h4-10,13,19-21,29H,3,11-12,14-17H2,1-2H3,(H2,25,26,27). The average Bonchev–Trinajstić information content (AvgIpc) is 3.35. The van der Waals surface area contributed by atoms with Gasteiger partial charge in [0, 0.05) is 31.2 Å². The van der Waals surface area contributed by atoms with Crippen LogP contribution in [-0.2, 0) is 12.1 Å². The minimum absolute atomic E-state index is 0.246. The zero-order valence-corrected chi connectivity index (χ0v) is 18.1. The van der Waals surface area contributed by atoms with Crippen LogP contribution >= 0.6 is 0 Å². The fraction of sp³-hybridized carbons (Fsp3) is 0.542. The Morgan fingerprint density at radius 3 is 2.53 bits per heavy atom. The molecule has 1 aromatic carbocycles. The normalized spacial score (nSPS) is 26.4. The van der Waals surface area contributed by atoms with E-state index in [4.69, 9.17) is 4.42 Å². The Morgan fingerprint density at radius 2 is 1.90 bits per heavy atom. The fourth-order valence-electron chi connectivity index (χ4n) is 4.85. The molecule has 3 unspecified atom stereocenters. The van der Waals surface area contributed by atoms with Crippen molar-refractivity contribution >= 4 is 5.96 Å². The Balaban J connectivity index is 1.37. The molecule has 1 aromatic heterocycles. The molecule has 0 spiro atoms. The van der Waals surface area contributed by atoms with E-state index in [0.717, 1.165) is 31.9 Å². The number of hydrogen-bond acceptors (Lipinski definition) is 4. The Kier molecular flexibility index (Phi) is 6.44. The van der Waals surface area contributed by atoms with Gasteiger partial charge in [0.15, 0.2) is 5.96 Å². The van der Waals surface area contributed by atoms with Gasteiger partial charge in [-0.25, -0.2) is 4.99 Å². The molecular formula is C24H34N4O2. The van der Waals surface area contributed by atoms with E-state index in [1.807, 2.05) is 0 Å². The highest BCUT2D eigenvalue weighted by Gasteiger charge is 2.40. The summed E-state index contributed by atoms with van der Waals surface area (Å²) in [5, 5.41) is 17.7. The van der Waals surface area contributed by atoms with Crippen LogP contribution in [-0.4, -0.2) is 47.2 Å². The molecule has 2 aliphatic rings. The van der Waals surface area contributed by atoms with Crippen LogP contribution in [0.1, 0.15) is 50.9 Å². The Labute approximate surface area is 179 Å². The third-order valence-corrected chi connectivity index (χ3v) is 6.37. The Morgan fingerprint density at radius 1 is 1.17 bits per heavy atom. The van der Waals surface area contributed by atoms with Crippen LogP contribution in [0.15, 0.2) is 58.1 Å². The molecule has 30 heavy (non-hydrogen) atoms. The first-order valence-corrected chi connectivity index (χ1v) is 11.2.